The summed E-state index contributed by atoms with van der Waals surface area (Å²) in [7, 11) is 0. The van der Waals surface area contributed by atoms with Gasteiger partial charge in [-0.3, -0.25) is 0 Å². The molecule has 0 aromatic heterocycles. The van der Waals surface area contributed by atoms with Crippen LogP contribution in [-0.4, -0.2) is 0 Å². The number of ether oxygens (including phenoxy) is 1. The molecule has 104 valence electrons. The van der Waals surface area contributed by atoms with Crippen molar-refractivity contribution in [1.82, 2.24) is 0 Å². The van der Waals surface area contributed by atoms with Crippen LogP contribution in [-0.2, 0) is 0 Å². The first-order valence-electron chi connectivity index (χ1n) is 6.21. The highest BCUT2D eigenvalue weighted by atomic mass is 79.9. The molecular formula is C15H12Br3NO. The molecule has 1 aliphatic heterocycles. The van der Waals surface area contributed by atoms with Gasteiger partial charge in [-0.2, -0.15) is 0 Å². The molecule has 2 nitrogen and oxygen atoms in total. The van der Waals surface area contributed by atoms with Crippen LogP contribution in [0.4, 0.5) is 0 Å². The number of halogens is 3. The van der Waals surface area contributed by atoms with Crippen LogP contribution in [0.2, 0.25) is 0 Å². The monoisotopic (exact) mass is 459 g/mol. The van der Waals surface area contributed by atoms with E-state index < -0.39 is 0 Å². The second-order valence-electron chi connectivity index (χ2n) is 4.80. The average molecular weight is 462 g/mol. The van der Waals surface area contributed by atoms with Gasteiger partial charge in [0.1, 0.15) is 11.9 Å². The molecule has 0 fully saturated rings. The summed E-state index contributed by atoms with van der Waals surface area (Å²) < 4.78 is 9.18. The van der Waals surface area contributed by atoms with Crippen LogP contribution < -0.4 is 10.5 Å². The molecule has 0 aliphatic carbocycles. The zero-order valence-corrected chi connectivity index (χ0v) is 15.2. The molecule has 0 radical (unpaired) electrons. The van der Waals surface area contributed by atoms with Gasteiger partial charge in [-0.1, -0.05) is 22.0 Å². The lowest BCUT2D eigenvalue weighted by atomic mass is 9.94. The summed E-state index contributed by atoms with van der Waals surface area (Å²) in [5.41, 5.74) is 8.48. The number of nitrogens with two attached hydrogens (primary N) is 1. The van der Waals surface area contributed by atoms with E-state index in [-0.39, 0.29) is 12.1 Å². The first-order chi connectivity index (χ1) is 9.54. The molecule has 1 heterocycles. The van der Waals surface area contributed by atoms with Gasteiger partial charge in [-0.05, 0) is 67.8 Å². The van der Waals surface area contributed by atoms with E-state index in [1.807, 2.05) is 24.3 Å². The molecule has 2 unspecified atom stereocenters. The van der Waals surface area contributed by atoms with Gasteiger partial charge in [-0.25, -0.2) is 0 Å². The number of hydrogen-bond acceptors (Lipinski definition) is 2. The average Bonchev–Trinajstić information content (AvgIpc) is 2.42. The molecule has 2 aromatic rings. The van der Waals surface area contributed by atoms with E-state index in [2.05, 4.69) is 59.9 Å². The Labute approximate surface area is 143 Å². The molecule has 1 aliphatic rings. The summed E-state index contributed by atoms with van der Waals surface area (Å²) in [5.74, 6) is 0.871. The lowest BCUT2D eigenvalue weighted by Gasteiger charge is -2.31. The minimum atomic E-state index is -0.0110. The minimum Gasteiger partial charge on any atom is -0.485 e. The van der Waals surface area contributed by atoms with Crippen LogP contribution in [0.15, 0.2) is 49.8 Å². The van der Waals surface area contributed by atoms with Crippen LogP contribution in [0.5, 0.6) is 5.75 Å². The summed E-state index contributed by atoms with van der Waals surface area (Å²) in [5, 5.41) is 0. The number of hydrogen-bond donors (Lipinski definition) is 1. The van der Waals surface area contributed by atoms with Crippen LogP contribution in [0.25, 0.3) is 0 Å². The second kappa shape index (κ2) is 5.79. The third kappa shape index (κ3) is 2.82. The summed E-state index contributed by atoms with van der Waals surface area (Å²) in [4.78, 5) is 0. The van der Waals surface area contributed by atoms with Crippen molar-refractivity contribution in [2.75, 3.05) is 0 Å². The van der Waals surface area contributed by atoms with Gasteiger partial charge >= 0.3 is 0 Å². The molecular weight excluding hydrogens is 450 g/mol. The van der Waals surface area contributed by atoms with Gasteiger partial charge in [-0.15, -0.1) is 0 Å². The van der Waals surface area contributed by atoms with Crippen LogP contribution >= 0.6 is 47.8 Å². The Morgan fingerprint density at radius 2 is 1.80 bits per heavy atom. The molecule has 0 saturated heterocycles. The SMILES string of the molecule is NC1CC(c2ccc(Br)c(Br)c2)Oc2ccc(Br)cc21. The fourth-order valence-electron chi connectivity index (χ4n) is 2.39. The van der Waals surface area contributed by atoms with E-state index in [4.69, 9.17) is 10.5 Å². The lowest BCUT2D eigenvalue weighted by molar-refractivity contribution is 0.161. The van der Waals surface area contributed by atoms with Crippen molar-refractivity contribution in [2.24, 2.45) is 5.73 Å². The van der Waals surface area contributed by atoms with Crippen molar-refractivity contribution in [1.29, 1.82) is 0 Å². The van der Waals surface area contributed by atoms with Gasteiger partial charge in [0.15, 0.2) is 0 Å². The Morgan fingerprint density at radius 3 is 2.55 bits per heavy atom. The molecule has 3 rings (SSSR count). The van der Waals surface area contributed by atoms with Crippen LogP contribution in [0, 0.1) is 0 Å². The Morgan fingerprint density at radius 1 is 1.00 bits per heavy atom. The number of rotatable bonds is 1. The van der Waals surface area contributed by atoms with Gasteiger partial charge in [0, 0.05) is 31.4 Å². The largest absolute Gasteiger partial charge is 0.485 e. The summed E-state index contributed by atoms with van der Waals surface area (Å²) in [6.07, 6.45) is 0.764. The first kappa shape index (κ1) is 14.6. The summed E-state index contributed by atoms with van der Waals surface area (Å²) in [6, 6.07) is 12.1. The molecule has 0 saturated carbocycles. The topological polar surface area (TPSA) is 35.2 Å². The van der Waals surface area contributed by atoms with Gasteiger partial charge < -0.3 is 10.5 Å². The fourth-order valence-corrected chi connectivity index (χ4v) is 3.41. The van der Waals surface area contributed by atoms with Gasteiger partial charge in [0.05, 0.1) is 0 Å². The molecule has 2 atom stereocenters. The second-order valence-corrected chi connectivity index (χ2v) is 7.43. The van der Waals surface area contributed by atoms with E-state index in [0.29, 0.717) is 0 Å². The molecule has 0 bridgehead atoms. The molecule has 2 aromatic carbocycles. The Bertz CT molecular complexity index is 660. The van der Waals surface area contributed by atoms with Crippen molar-refractivity contribution in [3.63, 3.8) is 0 Å². The van der Waals surface area contributed by atoms with E-state index in [9.17, 15) is 0 Å². The normalized spacial score (nSPS) is 21.2. The summed E-state index contributed by atoms with van der Waals surface area (Å²) >= 11 is 10.5. The van der Waals surface area contributed by atoms with Gasteiger partial charge in [0.2, 0.25) is 0 Å². The van der Waals surface area contributed by atoms with E-state index in [0.717, 1.165) is 36.7 Å². The summed E-state index contributed by atoms with van der Waals surface area (Å²) in [6.45, 7) is 0. The highest BCUT2D eigenvalue weighted by molar-refractivity contribution is 9.13. The van der Waals surface area contributed by atoms with E-state index in [1.54, 1.807) is 0 Å². The predicted octanol–water partition coefficient (Wildman–Crippen LogP) is 5.50. The zero-order chi connectivity index (χ0) is 14.3. The molecule has 20 heavy (non-hydrogen) atoms. The standard InChI is InChI=1S/C15H12Br3NO/c16-9-2-4-14-10(6-9)13(19)7-15(20-14)8-1-3-11(17)12(18)5-8/h1-6,13,15H,7,19H2. The predicted molar refractivity (Wildman–Crippen MR) is 90.9 cm³/mol. The van der Waals surface area contributed by atoms with Crippen molar-refractivity contribution in [3.05, 3.63) is 60.9 Å². The van der Waals surface area contributed by atoms with E-state index in [1.165, 1.54) is 0 Å². The van der Waals surface area contributed by atoms with Crippen LogP contribution in [0.1, 0.15) is 29.7 Å². The van der Waals surface area contributed by atoms with Crippen molar-refractivity contribution >= 4 is 47.8 Å². The Hall–Kier alpha value is -0.360. The van der Waals surface area contributed by atoms with Gasteiger partial charge in [0.25, 0.3) is 0 Å². The Balaban J connectivity index is 1.94. The Kier molecular flexibility index (Phi) is 4.22. The number of benzene rings is 2. The number of fused-ring (bicyclic) bond motifs is 1. The maximum atomic E-state index is 6.29. The minimum absolute atomic E-state index is 0.0105. The quantitative estimate of drug-likeness (QED) is 0.608. The third-order valence-electron chi connectivity index (χ3n) is 3.42. The van der Waals surface area contributed by atoms with E-state index >= 15 is 0 Å². The van der Waals surface area contributed by atoms with Crippen molar-refractivity contribution in [2.45, 2.75) is 18.6 Å². The molecule has 0 amide bonds. The van der Waals surface area contributed by atoms with Crippen LogP contribution in [0.3, 0.4) is 0 Å². The van der Waals surface area contributed by atoms with Crippen molar-refractivity contribution in [3.8, 4) is 5.75 Å². The van der Waals surface area contributed by atoms with Crippen molar-refractivity contribution < 1.29 is 4.74 Å². The highest BCUT2D eigenvalue weighted by Crippen LogP contribution is 2.41. The third-order valence-corrected chi connectivity index (χ3v) is 5.80. The molecule has 0 spiro atoms. The highest BCUT2D eigenvalue weighted by Gasteiger charge is 2.27. The lowest BCUT2D eigenvalue weighted by Crippen LogP contribution is -2.24. The maximum Gasteiger partial charge on any atom is 0.126 e. The maximum absolute atomic E-state index is 6.29. The fraction of sp³-hybridized carbons (Fsp3) is 0.200. The first-order valence-corrected chi connectivity index (χ1v) is 8.59. The molecule has 2 N–H and O–H groups in total. The molecule has 5 heteroatoms. The zero-order valence-electron chi connectivity index (χ0n) is 10.4. The smallest absolute Gasteiger partial charge is 0.126 e.